The van der Waals surface area contributed by atoms with Crippen molar-refractivity contribution in [2.45, 2.75) is 31.1 Å². The van der Waals surface area contributed by atoms with Gasteiger partial charge in [0.1, 0.15) is 6.10 Å². The molecule has 0 saturated carbocycles. The van der Waals surface area contributed by atoms with Crippen LogP contribution in [0.25, 0.3) is 0 Å². The monoisotopic (exact) mass is 461 g/mol. The molecule has 1 N–H and O–H groups in total. The third-order valence-electron chi connectivity index (χ3n) is 4.87. The van der Waals surface area contributed by atoms with E-state index in [1.54, 1.807) is 31.2 Å². The SMILES string of the molecule is C/C(=N/N=C1\NC(=O)[C@@H](Cc2cccc(Cl)c2Cl)S1)[C@@H]1Cc2ccccc2C(=O)O1. The molecule has 154 valence electrons. The lowest BCUT2D eigenvalue weighted by Crippen LogP contribution is -2.33. The molecule has 2 heterocycles. The molecule has 2 atom stereocenters. The highest BCUT2D eigenvalue weighted by Gasteiger charge is 2.32. The largest absolute Gasteiger partial charge is 0.452 e. The zero-order chi connectivity index (χ0) is 21.3. The Balaban J connectivity index is 1.44. The molecule has 6 nitrogen and oxygen atoms in total. The van der Waals surface area contributed by atoms with Gasteiger partial charge in [0.25, 0.3) is 0 Å². The number of nitrogens with one attached hydrogen (secondary N) is 1. The summed E-state index contributed by atoms with van der Waals surface area (Å²) in [4.78, 5) is 24.5. The molecule has 2 aromatic rings. The van der Waals surface area contributed by atoms with Gasteiger partial charge in [-0.15, -0.1) is 5.10 Å². The molecular weight excluding hydrogens is 445 g/mol. The Kier molecular flexibility index (Phi) is 6.13. The summed E-state index contributed by atoms with van der Waals surface area (Å²) in [6.45, 7) is 1.75. The van der Waals surface area contributed by atoms with Gasteiger partial charge in [0.05, 0.1) is 26.6 Å². The van der Waals surface area contributed by atoms with Gasteiger partial charge in [0.15, 0.2) is 5.17 Å². The minimum atomic E-state index is -0.486. The van der Waals surface area contributed by atoms with E-state index in [9.17, 15) is 9.59 Å². The van der Waals surface area contributed by atoms with E-state index in [0.29, 0.717) is 39.3 Å². The smallest absolute Gasteiger partial charge is 0.339 e. The number of carbonyl (C=O) groups excluding carboxylic acids is 2. The Morgan fingerprint density at radius 3 is 2.83 bits per heavy atom. The number of benzene rings is 2. The molecule has 1 amide bonds. The number of cyclic esters (lactones) is 1. The second kappa shape index (κ2) is 8.79. The van der Waals surface area contributed by atoms with Crippen LogP contribution in [0, 0.1) is 0 Å². The summed E-state index contributed by atoms with van der Waals surface area (Å²) < 4.78 is 5.48. The summed E-state index contributed by atoms with van der Waals surface area (Å²) in [6, 6.07) is 12.7. The summed E-state index contributed by atoms with van der Waals surface area (Å²) in [5.74, 6) is -0.535. The summed E-state index contributed by atoms with van der Waals surface area (Å²) in [5.41, 5.74) is 2.85. The first-order valence-corrected chi connectivity index (χ1v) is 10.9. The number of nitrogens with zero attached hydrogens (tertiary/aromatic N) is 2. The lowest BCUT2D eigenvalue weighted by Gasteiger charge is -2.23. The van der Waals surface area contributed by atoms with Crippen LogP contribution < -0.4 is 5.32 Å². The number of amidine groups is 1. The van der Waals surface area contributed by atoms with Crippen molar-refractivity contribution in [1.29, 1.82) is 0 Å². The predicted molar refractivity (Wildman–Crippen MR) is 120 cm³/mol. The van der Waals surface area contributed by atoms with Crippen LogP contribution in [0.2, 0.25) is 10.0 Å². The summed E-state index contributed by atoms with van der Waals surface area (Å²) >= 11 is 13.6. The fourth-order valence-electron chi connectivity index (χ4n) is 3.25. The summed E-state index contributed by atoms with van der Waals surface area (Å²) in [5, 5.41) is 12.0. The number of carbonyl (C=O) groups is 2. The van der Waals surface area contributed by atoms with E-state index >= 15 is 0 Å². The molecule has 0 spiro atoms. The Morgan fingerprint density at radius 2 is 2.00 bits per heavy atom. The number of hydrogen-bond donors (Lipinski definition) is 1. The van der Waals surface area contributed by atoms with Gasteiger partial charge < -0.3 is 10.1 Å². The molecule has 2 aliphatic rings. The number of rotatable bonds is 4. The highest BCUT2D eigenvalue weighted by molar-refractivity contribution is 8.15. The quantitative estimate of drug-likeness (QED) is 0.418. The van der Waals surface area contributed by atoms with Gasteiger partial charge in [0, 0.05) is 6.42 Å². The first kappa shape index (κ1) is 20.9. The molecule has 2 aliphatic heterocycles. The molecule has 0 aromatic heterocycles. The summed E-state index contributed by atoms with van der Waals surface area (Å²) in [6.07, 6.45) is 0.478. The standard InChI is InChI=1S/C21H17Cl2N3O3S/c1-11(16-9-12-5-2-3-7-14(12)20(28)29-16)25-26-21-24-19(27)17(30-21)10-13-6-4-8-15(22)18(13)23/h2-8,16-17H,9-10H2,1H3,(H,24,26,27)/b25-11-/t16-,17+/m0/s1. The molecule has 0 aliphatic carbocycles. The average Bonchev–Trinajstić information content (AvgIpc) is 3.09. The Bertz CT molecular complexity index is 1090. The predicted octanol–water partition coefficient (Wildman–Crippen LogP) is 4.28. The molecule has 0 unspecified atom stereocenters. The van der Waals surface area contributed by atoms with E-state index in [0.717, 1.165) is 11.1 Å². The van der Waals surface area contributed by atoms with Crippen LogP contribution in [0.5, 0.6) is 0 Å². The zero-order valence-electron chi connectivity index (χ0n) is 15.9. The van der Waals surface area contributed by atoms with Crippen LogP contribution in [-0.2, 0) is 22.4 Å². The fourth-order valence-corrected chi connectivity index (χ4v) is 4.59. The number of fused-ring (bicyclic) bond motifs is 1. The third kappa shape index (κ3) is 4.38. The van der Waals surface area contributed by atoms with E-state index < -0.39 is 6.10 Å². The molecule has 30 heavy (non-hydrogen) atoms. The van der Waals surface area contributed by atoms with Crippen molar-refractivity contribution in [2.75, 3.05) is 0 Å². The van der Waals surface area contributed by atoms with Gasteiger partial charge in [-0.25, -0.2) is 4.79 Å². The first-order chi connectivity index (χ1) is 14.4. The van der Waals surface area contributed by atoms with Gasteiger partial charge >= 0.3 is 5.97 Å². The van der Waals surface area contributed by atoms with Gasteiger partial charge in [-0.2, -0.15) is 5.10 Å². The minimum absolute atomic E-state index is 0.166. The van der Waals surface area contributed by atoms with Crippen molar-refractivity contribution < 1.29 is 14.3 Å². The van der Waals surface area contributed by atoms with Crippen molar-refractivity contribution in [2.24, 2.45) is 10.2 Å². The van der Waals surface area contributed by atoms with Crippen molar-refractivity contribution >= 4 is 57.7 Å². The van der Waals surface area contributed by atoms with E-state index in [2.05, 4.69) is 15.5 Å². The highest BCUT2D eigenvalue weighted by Crippen LogP contribution is 2.30. The maximum absolute atomic E-state index is 12.3. The number of ether oxygens (including phenoxy) is 1. The zero-order valence-corrected chi connectivity index (χ0v) is 18.2. The summed E-state index contributed by atoms with van der Waals surface area (Å²) in [7, 11) is 0. The second-order valence-electron chi connectivity index (χ2n) is 6.91. The molecule has 9 heteroatoms. The van der Waals surface area contributed by atoms with Crippen molar-refractivity contribution in [3.63, 3.8) is 0 Å². The topological polar surface area (TPSA) is 80.1 Å². The Labute approximate surface area is 187 Å². The van der Waals surface area contributed by atoms with Crippen molar-refractivity contribution in [3.8, 4) is 0 Å². The third-order valence-corrected chi connectivity index (χ3v) is 6.80. The van der Waals surface area contributed by atoms with Crippen molar-refractivity contribution in [1.82, 2.24) is 5.32 Å². The lowest BCUT2D eigenvalue weighted by atomic mass is 9.97. The average molecular weight is 462 g/mol. The maximum atomic E-state index is 12.3. The van der Waals surface area contributed by atoms with Crippen LogP contribution in [0.4, 0.5) is 0 Å². The molecule has 4 rings (SSSR count). The number of halogens is 2. The molecule has 0 bridgehead atoms. The molecule has 1 fully saturated rings. The number of hydrogen-bond acceptors (Lipinski definition) is 6. The molecule has 0 radical (unpaired) electrons. The van der Waals surface area contributed by atoms with E-state index in [4.69, 9.17) is 27.9 Å². The lowest BCUT2D eigenvalue weighted by molar-refractivity contribution is -0.118. The first-order valence-electron chi connectivity index (χ1n) is 9.24. The molecule has 2 aromatic carbocycles. The fraction of sp³-hybridized carbons (Fsp3) is 0.238. The van der Waals surface area contributed by atoms with E-state index in [1.165, 1.54) is 11.8 Å². The van der Waals surface area contributed by atoms with Crippen LogP contribution in [0.15, 0.2) is 52.7 Å². The van der Waals surface area contributed by atoms with E-state index in [1.807, 2.05) is 18.2 Å². The highest BCUT2D eigenvalue weighted by atomic mass is 35.5. The van der Waals surface area contributed by atoms with Gasteiger partial charge in [-0.05, 0) is 36.6 Å². The van der Waals surface area contributed by atoms with Crippen LogP contribution >= 0.6 is 35.0 Å². The number of esters is 1. The van der Waals surface area contributed by atoms with Crippen LogP contribution in [0.3, 0.4) is 0 Å². The van der Waals surface area contributed by atoms with Crippen LogP contribution in [-0.4, -0.2) is 34.1 Å². The number of thioether (sulfide) groups is 1. The van der Waals surface area contributed by atoms with Gasteiger partial charge in [0.2, 0.25) is 5.91 Å². The second-order valence-corrected chi connectivity index (χ2v) is 8.89. The Morgan fingerprint density at radius 1 is 1.20 bits per heavy atom. The molecule has 1 saturated heterocycles. The van der Waals surface area contributed by atoms with Gasteiger partial charge in [-0.1, -0.05) is 65.3 Å². The maximum Gasteiger partial charge on any atom is 0.339 e. The van der Waals surface area contributed by atoms with E-state index in [-0.39, 0.29) is 17.1 Å². The Hall–Kier alpha value is -2.35. The molecular formula is C21H17Cl2N3O3S. The number of amides is 1. The minimum Gasteiger partial charge on any atom is -0.452 e. The van der Waals surface area contributed by atoms with Gasteiger partial charge in [-0.3, -0.25) is 4.79 Å². The van der Waals surface area contributed by atoms with Crippen molar-refractivity contribution in [3.05, 3.63) is 69.2 Å². The normalized spacial score (nSPS) is 22.6. The van der Waals surface area contributed by atoms with Crippen LogP contribution in [0.1, 0.15) is 28.4 Å².